The highest BCUT2D eigenvalue weighted by atomic mass is 16.5. The highest BCUT2D eigenvalue weighted by Crippen LogP contribution is 2.11. The maximum absolute atomic E-state index is 5.64. The molecule has 4 heteroatoms. The van der Waals surface area contributed by atoms with Crippen molar-refractivity contribution in [3.8, 4) is 5.75 Å². The maximum atomic E-state index is 5.64. The molecule has 1 N–H and O–H groups in total. The SMILES string of the molecule is Cc1cccc(OCCNCc2nc(C)c(C)o2)c1. The third kappa shape index (κ3) is 4.10. The number of hydrogen-bond acceptors (Lipinski definition) is 4. The van der Waals surface area contributed by atoms with Gasteiger partial charge in [0, 0.05) is 6.54 Å². The molecular weight excluding hydrogens is 240 g/mol. The van der Waals surface area contributed by atoms with Crippen LogP contribution in [0, 0.1) is 20.8 Å². The summed E-state index contributed by atoms with van der Waals surface area (Å²) in [7, 11) is 0. The monoisotopic (exact) mass is 260 g/mol. The van der Waals surface area contributed by atoms with Gasteiger partial charge in [0.05, 0.1) is 12.2 Å². The van der Waals surface area contributed by atoms with E-state index in [1.807, 2.05) is 32.0 Å². The topological polar surface area (TPSA) is 47.3 Å². The average molecular weight is 260 g/mol. The Morgan fingerprint density at radius 2 is 2.11 bits per heavy atom. The molecule has 2 rings (SSSR count). The first kappa shape index (κ1) is 13.6. The lowest BCUT2D eigenvalue weighted by atomic mass is 10.2. The standard InChI is InChI=1S/C15H20N2O2/c1-11-5-4-6-14(9-11)18-8-7-16-10-15-17-12(2)13(3)19-15/h4-6,9,16H,7-8,10H2,1-3H3. The lowest BCUT2D eigenvalue weighted by molar-refractivity contribution is 0.309. The van der Waals surface area contributed by atoms with Crippen molar-refractivity contribution in [3.63, 3.8) is 0 Å². The zero-order valence-corrected chi connectivity index (χ0v) is 11.7. The molecule has 1 aromatic carbocycles. The quantitative estimate of drug-likeness (QED) is 0.811. The van der Waals surface area contributed by atoms with E-state index in [0.717, 1.165) is 29.6 Å². The van der Waals surface area contributed by atoms with Gasteiger partial charge in [0.1, 0.15) is 18.1 Å². The third-order valence-electron chi connectivity index (χ3n) is 2.89. The number of benzene rings is 1. The predicted octanol–water partition coefficient (Wildman–Crippen LogP) is 2.77. The second kappa shape index (κ2) is 6.38. The largest absolute Gasteiger partial charge is 0.492 e. The fraction of sp³-hybridized carbons (Fsp3) is 0.400. The van der Waals surface area contributed by atoms with Gasteiger partial charge in [-0.2, -0.15) is 0 Å². The van der Waals surface area contributed by atoms with Crippen molar-refractivity contribution in [1.82, 2.24) is 10.3 Å². The molecule has 0 bridgehead atoms. The number of nitrogens with zero attached hydrogens (tertiary/aromatic N) is 1. The molecule has 0 saturated carbocycles. The van der Waals surface area contributed by atoms with E-state index in [1.54, 1.807) is 0 Å². The minimum absolute atomic E-state index is 0.627. The summed E-state index contributed by atoms with van der Waals surface area (Å²) in [5.41, 5.74) is 2.16. The normalized spacial score (nSPS) is 10.7. The smallest absolute Gasteiger partial charge is 0.208 e. The van der Waals surface area contributed by atoms with E-state index in [-0.39, 0.29) is 0 Å². The zero-order valence-electron chi connectivity index (χ0n) is 11.7. The summed E-state index contributed by atoms with van der Waals surface area (Å²) < 4.78 is 11.1. The number of aromatic nitrogens is 1. The Morgan fingerprint density at radius 1 is 1.26 bits per heavy atom. The maximum Gasteiger partial charge on any atom is 0.208 e. The van der Waals surface area contributed by atoms with Crippen LogP contribution in [0.2, 0.25) is 0 Å². The summed E-state index contributed by atoms with van der Waals surface area (Å²) in [6.45, 7) is 7.94. The highest BCUT2D eigenvalue weighted by molar-refractivity contribution is 5.27. The Morgan fingerprint density at radius 3 is 2.79 bits per heavy atom. The number of rotatable bonds is 6. The van der Waals surface area contributed by atoms with Gasteiger partial charge in [0.2, 0.25) is 5.89 Å². The van der Waals surface area contributed by atoms with E-state index in [0.29, 0.717) is 13.2 Å². The summed E-state index contributed by atoms with van der Waals surface area (Å²) >= 11 is 0. The summed E-state index contributed by atoms with van der Waals surface area (Å²) in [4.78, 5) is 4.31. The first-order chi connectivity index (χ1) is 9.15. The van der Waals surface area contributed by atoms with Crippen molar-refractivity contribution in [2.75, 3.05) is 13.2 Å². The summed E-state index contributed by atoms with van der Waals surface area (Å²) in [5, 5.41) is 3.25. The molecule has 19 heavy (non-hydrogen) atoms. The van der Waals surface area contributed by atoms with Crippen LogP contribution >= 0.6 is 0 Å². The van der Waals surface area contributed by atoms with Crippen LogP contribution in [-0.4, -0.2) is 18.1 Å². The Bertz CT molecular complexity index is 515. The van der Waals surface area contributed by atoms with Crippen molar-refractivity contribution in [1.29, 1.82) is 0 Å². The molecule has 4 nitrogen and oxygen atoms in total. The third-order valence-corrected chi connectivity index (χ3v) is 2.89. The molecule has 0 fully saturated rings. The average Bonchev–Trinajstić information content (AvgIpc) is 2.68. The van der Waals surface area contributed by atoms with Crippen molar-refractivity contribution in [3.05, 3.63) is 47.2 Å². The number of oxazole rings is 1. The summed E-state index contributed by atoms with van der Waals surface area (Å²) in [6, 6.07) is 8.05. The molecule has 1 heterocycles. The lowest BCUT2D eigenvalue weighted by Crippen LogP contribution is -2.20. The van der Waals surface area contributed by atoms with Crippen LogP contribution in [0.4, 0.5) is 0 Å². The number of aryl methyl sites for hydroxylation is 3. The Balaban J connectivity index is 1.67. The zero-order chi connectivity index (χ0) is 13.7. The molecule has 0 aliphatic rings. The first-order valence-corrected chi connectivity index (χ1v) is 6.48. The van der Waals surface area contributed by atoms with Crippen LogP contribution < -0.4 is 10.1 Å². The van der Waals surface area contributed by atoms with Gasteiger partial charge in [0.25, 0.3) is 0 Å². The second-order valence-corrected chi connectivity index (χ2v) is 4.59. The van der Waals surface area contributed by atoms with Gasteiger partial charge >= 0.3 is 0 Å². The van der Waals surface area contributed by atoms with Gasteiger partial charge in [-0.3, -0.25) is 0 Å². The van der Waals surface area contributed by atoms with E-state index in [9.17, 15) is 0 Å². The van der Waals surface area contributed by atoms with Gasteiger partial charge < -0.3 is 14.5 Å². The number of ether oxygens (including phenoxy) is 1. The lowest BCUT2D eigenvalue weighted by Gasteiger charge is -2.07. The van der Waals surface area contributed by atoms with Crippen molar-refractivity contribution >= 4 is 0 Å². The van der Waals surface area contributed by atoms with Crippen LogP contribution in [0.3, 0.4) is 0 Å². The van der Waals surface area contributed by atoms with Crippen LogP contribution in [0.25, 0.3) is 0 Å². The highest BCUT2D eigenvalue weighted by Gasteiger charge is 2.04. The molecular formula is C15H20N2O2. The fourth-order valence-electron chi connectivity index (χ4n) is 1.76. The van der Waals surface area contributed by atoms with Gasteiger partial charge in [-0.15, -0.1) is 0 Å². The Labute approximate surface area is 113 Å². The molecule has 0 unspecified atom stereocenters. The fourth-order valence-corrected chi connectivity index (χ4v) is 1.76. The second-order valence-electron chi connectivity index (χ2n) is 4.59. The van der Waals surface area contributed by atoms with Crippen LogP contribution in [-0.2, 0) is 6.54 Å². The van der Waals surface area contributed by atoms with E-state index in [1.165, 1.54) is 5.56 Å². The minimum Gasteiger partial charge on any atom is -0.492 e. The first-order valence-electron chi connectivity index (χ1n) is 6.48. The summed E-state index contributed by atoms with van der Waals surface area (Å²) in [6.07, 6.45) is 0. The molecule has 0 radical (unpaired) electrons. The molecule has 0 aliphatic carbocycles. The van der Waals surface area contributed by atoms with Crippen LogP contribution in [0.1, 0.15) is 22.9 Å². The minimum atomic E-state index is 0.627. The Hall–Kier alpha value is -1.81. The predicted molar refractivity (Wildman–Crippen MR) is 74.4 cm³/mol. The van der Waals surface area contributed by atoms with E-state index in [4.69, 9.17) is 9.15 Å². The molecule has 0 spiro atoms. The molecule has 0 amide bonds. The van der Waals surface area contributed by atoms with E-state index in [2.05, 4.69) is 23.3 Å². The van der Waals surface area contributed by atoms with Gasteiger partial charge in [-0.25, -0.2) is 4.98 Å². The van der Waals surface area contributed by atoms with Crippen molar-refractivity contribution < 1.29 is 9.15 Å². The van der Waals surface area contributed by atoms with Gasteiger partial charge in [-0.05, 0) is 38.5 Å². The molecule has 0 aliphatic heterocycles. The van der Waals surface area contributed by atoms with Gasteiger partial charge in [-0.1, -0.05) is 12.1 Å². The van der Waals surface area contributed by atoms with Crippen molar-refractivity contribution in [2.45, 2.75) is 27.3 Å². The summed E-state index contributed by atoms with van der Waals surface area (Å²) in [5.74, 6) is 2.52. The number of nitrogens with one attached hydrogen (secondary N) is 1. The van der Waals surface area contributed by atoms with Crippen LogP contribution in [0.5, 0.6) is 5.75 Å². The molecule has 0 saturated heterocycles. The van der Waals surface area contributed by atoms with Crippen molar-refractivity contribution in [2.24, 2.45) is 0 Å². The van der Waals surface area contributed by atoms with E-state index >= 15 is 0 Å². The molecule has 2 aromatic rings. The number of hydrogen-bond donors (Lipinski definition) is 1. The molecule has 102 valence electrons. The molecule has 0 atom stereocenters. The van der Waals surface area contributed by atoms with Gasteiger partial charge in [0.15, 0.2) is 0 Å². The molecule has 1 aromatic heterocycles. The van der Waals surface area contributed by atoms with E-state index < -0.39 is 0 Å². The Kier molecular flexibility index (Phi) is 4.58. The van der Waals surface area contributed by atoms with Crippen LogP contribution in [0.15, 0.2) is 28.7 Å².